The Morgan fingerprint density at radius 1 is 1.07 bits per heavy atom. The summed E-state index contributed by atoms with van der Waals surface area (Å²) < 4.78 is 13.7. The van der Waals surface area contributed by atoms with Crippen LogP contribution in [0.1, 0.15) is 40.7 Å². The Hall–Kier alpha value is -2.80. The summed E-state index contributed by atoms with van der Waals surface area (Å²) in [6.07, 6.45) is 4.42. The van der Waals surface area contributed by atoms with Crippen LogP contribution >= 0.6 is 0 Å². The number of hydrogen-bond acceptors (Lipinski definition) is 4. The van der Waals surface area contributed by atoms with Crippen molar-refractivity contribution < 1.29 is 19.1 Å². The number of pyridine rings is 1. The number of benzene rings is 1. The van der Waals surface area contributed by atoms with Crippen LogP contribution in [0.3, 0.4) is 0 Å². The van der Waals surface area contributed by atoms with Gasteiger partial charge >= 0.3 is 0 Å². The zero-order valence-corrected chi connectivity index (χ0v) is 16.0. The largest absolute Gasteiger partial charge is 0.391 e. The summed E-state index contributed by atoms with van der Waals surface area (Å²) in [4.78, 5) is 28.6. The van der Waals surface area contributed by atoms with Gasteiger partial charge in [-0.25, -0.2) is 4.39 Å². The van der Waals surface area contributed by atoms with Crippen LogP contribution in [0.4, 0.5) is 4.39 Å². The maximum Gasteiger partial charge on any atom is 0.254 e. The summed E-state index contributed by atoms with van der Waals surface area (Å²) in [6, 6.07) is 9.07. The molecule has 0 saturated heterocycles. The van der Waals surface area contributed by atoms with Crippen LogP contribution in [-0.2, 0) is 17.6 Å². The normalized spacial score (nSPS) is 24.0. The number of nitrogens with zero attached hydrogens (tertiary/aromatic N) is 1. The molecule has 152 valence electrons. The molecule has 2 aliphatic carbocycles. The van der Waals surface area contributed by atoms with Crippen LogP contribution in [0.25, 0.3) is 0 Å². The lowest BCUT2D eigenvalue weighted by atomic mass is 9.83. The first-order valence-corrected chi connectivity index (χ1v) is 9.97. The average Bonchev–Trinajstić information content (AvgIpc) is 3.12. The molecule has 0 radical (unpaired) electrons. The number of nitrogens with one attached hydrogen (secondary N) is 2. The third-order valence-electron chi connectivity index (χ3n) is 5.92. The van der Waals surface area contributed by atoms with Gasteiger partial charge in [0.25, 0.3) is 5.91 Å². The van der Waals surface area contributed by atoms with Gasteiger partial charge in [0.15, 0.2) is 5.82 Å². The van der Waals surface area contributed by atoms with Gasteiger partial charge in [0, 0.05) is 18.2 Å². The average molecular weight is 397 g/mol. The fourth-order valence-corrected chi connectivity index (χ4v) is 4.34. The molecule has 2 aliphatic rings. The Morgan fingerprint density at radius 3 is 2.45 bits per heavy atom. The minimum absolute atomic E-state index is 0.0492. The number of carbonyl (C=O) groups excluding carboxylic acids is 2. The van der Waals surface area contributed by atoms with E-state index in [1.54, 1.807) is 0 Å². The van der Waals surface area contributed by atoms with Crippen LogP contribution in [0.2, 0.25) is 0 Å². The fraction of sp³-hybridized carbons (Fsp3) is 0.409. The van der Waals surface area contributed by atoms with Gasteiger partial charge in [0.05, 0.1) is 23.9 Å². The first kappa shape index (κ1) is 19.5. The van der Waals surface area contributed by atoms with E-state index in [4.69, 9.17) is 0 Å². The SMILES string of the molecule is O=C(N[C@H]1CC[C@H](C(=O)NC2Cc3ccccc3C2)C[C@@H]1O)c1ccncc1F. The molecule has 0 unspecified atom stereocenters. The molecule has 29 heavy (non-hydrogen) atoms. The monoisotopic (exact) mass is 397 g/mol. The quantitative estimate of drug-likeness (QED) is 0.733. The zero-order valence-electron chi connectivity index (χ0n) is 16.0. The van der Waals surface area contributed by atoms with Crippen LogP contribution in [0.5, 0.6) is 0 Å². The van der Waals surface area contributed by atoms with Gasteiger partial charge in [-0.05, 0) is 49.3 Å². The first-order valence-electron chi connectivity index (χ1n) is 9.97. The number of aromatic nitrogens is 1. The van der Waals surface area contributed by atoms with Gasteiger partial charge < -0.3 is 15.7 Å². The highest BCUT2D eigenvalue weighted by Gasteiger charge is 2.35. The molecule has 2 amide bonds. The molecule has 0 spiro atoms. The molecule has 1 fully saturated rings. The summed E-state index contributed by atoms with van der Waals surface area (Å²) in [6.45, 7) is 0. The van der Waals surface area contributed by atoms with Crippen molar-refractivity contribution in [2.24, 2.45) is 5.92 Å². The van der Waals surface area contributed by atoms with Crippen molar-refractivity contribution in [3.8, 4) is 0 Å². The molecular weight excluding hydrogens is 373 g/mol. The number of aliphatic hydroxyl groups is 1. The minimum atomic E-state index is -0.853. The van der Waals surface area contributed by atoms with Crippen molar-refractivity contribution in [1.29, 1.82) is 0 Å². The number of amides is 2. The lowest BCUT2D eigenvalue weighted by Gasteiger charge is -2.33. The highest BCUT2D eigenvalue weighted by atomic mass is 19.1. The van der Waals surface area contributed by atoms with Crippen molar-refractivity contribution in [3.63, 3.8) is 0 Å². The van der Waals surface area contributed by atoms with E-state index in [2.05, 4.69) is 27.8 Å². The van der Waals surface area contributed by atoms with E-state index >= 15 is 0 Å². The van der Waals surface area contributed by atoms with Gasteiger partial charge in [-0.1, -0.05) is 24.3 Å². The summed E-state index contributed by atoms with van der Waals surface area (Å²) in [5.74, 6) is -1.63. The molecule has 1 aromatic carbocycles. The Kier molecular flexibility index (Phi) is 5.58. The molecule has 7 heteroatoms. The molecule has 6 nitrogen and oxygen atoms in total. The maximum atomic E-state index is 13.7. The number of fused-ring (bicyclic) bond motifs is 1. The second-order valence-electron chi connectivity index (χ2n) is 7.90. The first-order chi connectivity index (χ1) is 14.0. The van der Waals surface area contributed by atoms with E-state index in [1.807, 2.05) is 12.1 Å². The maximum absolute atomic E-state index is 13.7. The van der Waals surface area contributed by atoms with Crippen molar-refractivity contribution >= 4 is 11.8 Å². The van der Waals surface area contributed by atoms with E-state index in [-0.39, 0.29) is 29.9 Å². The van der Waals surface area contributed by atoms with E-state index in [1.165, 1.54) is 23.4 Å². The Morgan fingerprint density at radius 2 is 1.79 bits per heavy atom. The lowest BCUT2D eigenvalue weighted by Crippen LogP contribution is -2.50. The number of carbonyl (C=O) groups is 2. The molecule has 4 rings (SSSR count). The van der Waals surface area contributed by atoms with Crippen LogP contribution in [0.15, 0.2) is 42.7 Å². The second-order valence-corrected chi connectivity index (χ2v) is 7.90. The molecule has 3 atom stereocenters. The molecule has 1 heterocycles. The van der Waals surface area contributed by atoms with Crippen molar-refractivity contribution in [2.75, 3.05) is 0 Å². The third kappa shape index (κ3) is 4.29. The highest BCUT2D eigenvalue weighted by molar-refractivity contribution is 5.94. The molecule has 1 saturated carbocycles. The summed E-state index contributed by atoms with van der Waals surface area (Å²) in [7, 11) is 0. The summed E-state index contributed by atoms with van der Waals surface area (Å²) in [5.41, 5.74) is 2.44. The molecule has 1 aromatic heterocycles. The lowest BCUT2D eigenvalue weighted by molar-refractivity contribution is -0.128. The third-order valence-corrected chi connectivity index (χ3v) is 5.92. The zero-order chi connectivity index (χ0) is 20.4. The van der Waals surface area contributed by atoms with Crippen molar-refractivity contribution in [3.05, 3.63) is 65.2 Å². The van der Waals surface area contributed by atoms with Crippen LogP contribution in [0, 0.1) is 11.7 Å². The Bertz CT molecular complexity index is 895. The molecule has 2 aromatic rings. The number of aliphatic hydroxyl groups excluding tert-OH is 1. The van der Waals surface area contributed by atoms with Crippen LogP contribution < -0.4 is 10.6 Å². The predicted octanol–water partition coefficient (Wildman–Crippen LogP) is 1.76. The standard InChI is InChI=1S/C22H24FN3O3/c23-18-12-24-8-7-17(18)22(29)26-19-6-5-15(11-20(19)27)21(28)25-16-9-13-3-1-2-4-14(13)10-16/h1-4,7-8,12,15-16,19-20,27H,5-6,9-11H2,(H,25,28)(H,26,29)/t15-,19-,20-/m0/s1. The van der Waals surface area contributed by atoms with Crippen molar-refractivity contribution in [1.82, 2.24) is 15.6 Å². The highest BCUT2D eigenvalue weighted by Crippen LogP contribution is 2.27. The van der Waals surface area contributed by atoms with Gasteiger partial charge in [-0.15, -0.1) is 0 Å². The minimum Gasteiger partial charge on any atom is -0.391 e. The van der Waals surface area contributed by atoms with Crippen LogP contribution in [-0.4, -0.2) is 40.1 Å². The molecule has 0 bridgehead atoms. The smallest absolute Gasteiger partial charge is 0.254 e. The molecule has 0 aliphatic heterocycles. The van der Waals surface area contributed by atoms with E-state index < -0.39 is 23.9 Å². The van der Waals surface area contributed by atoms with Gasteiger partial charge in [0.2, 0.25) is 5.91 Å². The predicted molar refractivity (Wildman–Crippen MR) is 105 cm³/mol. The van der Waals surface area contributed by atoms with Gasteiger partial charge in [0.1, 0.15) is 0 Å². The van der Waals surface area contributed by atoms with Crippen molar-refractivity contribution in [2.45, 2.75) is 50.3 Å². The summed E-state index contributed by atoms with van der Waals surface area (Å²) in [5, 5.41) is 16.2. The van der Waals surface area contributed by atoms with E-state index in [9.17, 15) is 19.1 Å². The Labute approximate surface area is 168 Å². The van der Waals surface area contributed by atoms with E-state index in [0.29, 0.717) is 12.8 Å². The number of halogens is 1. The number of hydrogen-bond donors (Lipinski definition) is 3. The Balaban J connectivity index is 1.29. The van der Waals surface area contributed by atoms with Gasteiger partial charge in [-0.3, -0.25) is 14.6 Å². The van der Waals surface area contributed by atoms with E-state index in [0.717, 1.165) is 19.0 Å². The second kappa shape index (κ2) is 8.29. The number of rotatable bonds is 4. The molecular formula is C22H24FN3O3. The topological polar surface area (TPSA) is 91.3 Å². The summed E-state index contributed by atoms with van der Waals surface area (Å²) >= 11 is 0. The molecule has 3 N–H and O–H groups in total. The van der Waals surface area contributed by atoms with Gasteiger partial charge in [-0.2, -0.15) is 0 Å². The fourth-order valence-electron chi connectivity index (χ4n) is 4.34.